The first-order valence-electron chi connectivity index (χ1n) is 7.15. The van der Waals surface area contributed by atoms with Crippen LogP contribution in [0.3, 0.4) is 0 Å². The van der Waals surface area contributed by atoms with Crippen LogP contribution in [0.4, 0.5) is 0 Å². The zero-order valence-corrected chi connectivity index (χ0v) is 12.0. The molecule has 0 saturated heterocycles. The number of carbonyl (C=O) groups excluding carboxylic acids is 1. The van der Waals surface area contributed by atoms with Gasteiger partial charge < -0.3 is 10.0 Å². The fourth-order valence-electron chi connectivity index (χ4n) is 2.54. The van der Waals surface area contributed by atoms with Gasteiger partial charge in [0.05, 0.1) is 6.42 Å². The minimum absolute atomic E-state index is 0.0803. The van der Waals surface area contributed by atoms with Crippen LogP contribution >= 0.6 is 0 Å². The Kier molecular flexibility index (Phi) is 4.42. The highest BCUT2D eigenvalue weighted by Crippen LogP contribution is 2.29. The van der Waals surface area contributed by atoms with E-state index in [1.807, 2.05) is 24.3 Å². The highest BCUT2D eigenvalue weighted by Gasteiger charge is 2.38. The molecule has 1 aromatic carbocycles. The Morgan fingerprint density at radius 3 is 2.40 bits per heavy atom. The second-order valence-electron chi connectivity index (χ2n) is 5.35. The molecule has 1 N–H and O–H groups in total. The van der Waals surface area contributed by atoms with Crippen molar-refractivity contribution in [3.8, 4) is 0 Å². The molecule has 1 aliphatic carbocycles. The Labute approximate surface area is 119 Å². The van der Waals surface area contributed by atoms with Gasteiger partial charge in [0.1, 0.15) is 6.04 Å². The van der Waals surface area contributed by atoms with Crippen molar-refractivity contribution in [2.45, 2.75) is 51.6 Å². The fourth-order valence-corrected chi connectivity index (χ4v) is 2.54. The van der Waals surface area contributed by atoms with Gasteiger partial charge in [0.15, 0.2) is 0 Å². The lowest BCUT2D eigenvalue weighted by Gasteiger charge is -2.27. The normalized spacial score (nSPS) is 15.7. The fraction of sp³-hybridized carbons (Fsp3) is 0.500. The summed E-state index contributed by atoms with van der Waals surface area (Å²) in [7, 11) is 0. The first kappa shape index (κ1) is 14.6. The summed E-state index contributed by atoms with van der Waals surface area (Å²) in [6.07, 6.45) is 3.00. The summed E-state index contributed by atoms with van der Waals surface area (Å²) in [6, 6.07) is 7.22. The molecule has 1 fully saturated rings. The number of aryl methyl sites for hydroxylation is 1. The van der Waals surface area contributed by atoms with E-state index in [2.05, 4.69) is 6.92 Å². The van der Waals surface area contributed by atoms with E-state index in [1.165, 1.54) is 0 Å². The zero-order chi connectivity index (χ0) is 14.7. The summed E-state index contributed by atoms with van der Waals surface area (Å²) in [6.45, 7) is 3.64. The molecular weight excluding hydrogens is 254 g/mol. The number of aliphatic carboxylic acids is 1. The third-order valence-corrected chi connectivity index (χ3v) is 3.84. The minimum Gasteiger partial charge on any atom is -0.480 e. The van der Waals surface area contributed by atoms with E-state index in [-0.39, 0.29) is 18.4 Å². The predicted octanol–water partition coefficient (Wildman–Crippen LogP) is 2.26. The predicted molar refractivity (Wildman–Crippen MR) is 76.5 cm³/mol. The molecule has 1 aromatic rings. The van der Waals surface area contributed by atoms with Gasteiger partial charge in [-0.05, 0) is 37.3 Å². The summed E-state index contributed by atoms with van der Waals surface area (Å²) in [5.74, 6) is -1.02. The van der Waals surface area contributed by atoms with Crippen LogP contribution in [-0.2, 0) is 22.4 Å². The summed E-state index contributed by atoms with van der Waals surface area (Å²) >= 11 is 0. The maximum absolute atomic E-state index is 12.5. The second-order valence-corrected chi connectivity index (χ2v) is 5.35. The van der Waals surface area contributed by atoms with E-state index in [0.717, 1.165) is 30.4 Å². The molecule has 0 spiro atoms. The maximum atomic E-state index is 12.5. The number of hydrogen-bond donors (Lipinski definition) is 1. The number of hydrogen-bond acceptors (Lipinski definition) is 2. The van der Waals surface area contributed by atoms with Crippen molar-refractivity contribution in [3.63, 3.8) is 0 Å². The zero-order valence-electron chi connectivity index (χ0n) is 12.0. The average Bonchev–Trinajstić information content (AvgIpc) is 3.24. The Bertz CT molecular complexity index is 508. The smallest absolute Gasteiger partial charge is 0.326 e. The van der Waals surface area contributed by atoms with Crippen LogP contribution in [0.1, 0.15) is 37.8 Å². The number of carbonyl (C=O) groups is 2. The molecule has 1 saturated carbocycles. The highest BCUT2D eigenvalue weighted by molar-refractivity contribution is 5.85. The molecule has 0 heterocycles. The van der Waals surface area contributed by atoms with Gasteiger partial charge in [-0.1, -0.05) is 31.2 Å². The topological polar surface area (TPSA) is 57.6 Å². The molecule has 0 radical (unpaired) electrons. The van der Waals surface area contributed by atoms with Crippen LogP contribution in [0.25, 0.3) is 0 Å². The Morgan fingerprint density at radius 1 is 1.30 bits per heavy atom. The third kappa shape index (κ3) is 3.18. The minimum atomic E-state index is -0.936. The molecule has 20 heavy (non-hydrogen) atoms. The van der Waals surface area contributed by atoms with Gasteiger partial charge in [0, 0.05) is 6.04 Å². The SMILES string of the molecule is CCc1ccccc1CC(=O)N(C1CC1)C(C)C(=O)O. The number of amides is 1. The number of rotatable bonds is 6. The second kappa shape index (κ2) is 6.07. The number of benzene rings is 1. The summed E-state index contributed by atoms with van der Waals surface area (Å²) in [4.78, 5) is 25.2. The lowest BCUT2D eigenvalue weighted by Crippen LogP contribution is -2.45. The molecule has 0 aliphatic heterocycles. The van der Waals surface area contributed by atoms with E-state index < -0.39 is 12.0 Å². The van der Waals surface area contributed by atoms with Gasteiger partial charge in [-0.3, -0.25) is 4.79 Å². The van der Waals surface area contributed by atoms with Gasteiger partial charge in [-0.15, -0.1) is 0 Å². The number of carboxylic acid groups (broad SMARTS) is 1. The average molecular weight is 275 g/mol. The Hall–Kier alpha value is -1.84. The molecule has 2 rings (SSSR count). The standard InChI is InChI=1S/C16H21NO3/c1-3-12-6-4-5-7-13(12)10-15(18)17(14-8-9-14)11(2)16(19)20/h4-7,11,14H,3,8-10H2,1-2H3,(H,19,20). The molecule has 0 aromatic heterocycles. The van der Waals surface area contributed by atoms with Crippen molar-refractivity contribution in [1.82, 2.24) is 4.90 Å². The van der Waals surface area contributed by atoms with Crippen LogP contribution < -0.4 is 0 Å². The molecule has 4 heteroatoms. The lowest BCUT2D eigenvalue weighted by molar-refractivity contribution is -0.149. The van der Waals surface area contributed by atoms with Crippen molar-refractivity contribution < 1.29 is 14.7 Å². The maximum Gasteiger partial charge on any atom is 0.326 e. The van der Waals surface area contributed by atoms with Crippen LogP contribution in [0.2, 0.25) is 0 Å². The van der Waals surface area contributed by atoms with Gasteiger partial charge >= 0.3 is 5.97 Å². The van der Waals surface area contributed by atoms with Crippen molar-refractivity contribution in [2.75, 3.05) is 0 Å². The van der Waals surface area contributed by atoms with Crippen LogP contribution in [0.5, 0.6) is 0 Å². The molecule has 108 valence electrons. The number of carboxylic acids is 1. The lowest BCUT2D eigenvalue weighted by atomic mass is 10.0. The van der Waals surface area contributed by atoms with Crippen molar-refractivity contribution in [1.29, 1.82) is 0 Å². The van der Waals surface area contributed by atoms with Crippen molar-refractivity contribution in [3.05, 3.63) is 35.4 Å². The van der Waals surface area contributed by atoms with E-state index in [9.17, 15) is 9.59 Å². The van der Waals surface area contributed by atoms with Gasteiger partial charge in [-0.2, -0.15) is 0 Å². The molecule has 0 bridgehead atoms. The highest BCUT2D eigenvalue weighted by atomic mass is 16.4. The Morgan fingerprint density at radius 2 is 1.90 bits per heavy atom. The molecule has 4 nitrogen and oxygen atoms in total. The first-order chi connectivity index (χ1) is 9.54. The van der Waals surface area contributed by atoms with Crippen molar-refractivity contribution >= 4 is 11.9 Å². The van der Waals surface area contributed by atoms with E-state index in [0.29, 0.717) is 0 Å². The van der Waals surface area contributed by atoms with E-state index in [4.69, 9.17) is 5.11 Å². The molecule has 1 amide bonds. The first-order valence-corrected chi connectivity index (χ1v) is 7.15. The monoisotopic (exact) mass is 275 g/mol. The third-order valence-electron chi connectivity index (χ3n) is 3.84. The van der Waals surface area contributed by atoms with Crippen LogP contribution in [-0.4, -0.2) is 34.0 Å². The van der Waals surface area contributed by atoms with Gasteiger partial charge in [-0.25, -0.2) is 4.79 Å². The Balaban J connectivity index is 2.14. The largest absolute Gasteiger partial charge is 0.480 e. The summed E-state index contributed by atoms with van der Waals surface area (Å²) < 4.78 is 0. The molecular formula is C16H21NO3. The van der Waals surface area contributed by atoms with Crippen LogP contribution in [0.15, 0.2) is 24.3 Å². The number of nitrogens with zero attached hydrogens (tertiary/aromatic N) is 1. The van der Waals surface area contributed by atoms with Crippen LogP contribution in [0, 0.1) is 0 Å². The van der Waals surface area contributed by atoms with E-state index in [1.54, 1.807) is 11.8 Å². The quantitative estimate of drug-likeness (QED) is 0.866. The molecule has 1 atom stereocenters. The van der Waals surface area contributed by atoms with E-state index >= 15 is 0 Å². The summed E-state index contributed by atoms with van der Waals surface area (Å²) in [5, 5.41) is 9.15. The van der Waals surface area contributed by atoms with Gasteiger partial charge in [0.25, 0.3) is 0 Å². The van der Waals surface area contributed by atoms with Crippen molar-refractivity contribution in [2.24, 2.45) is 0 Å². The molecule has 1 unspecified atom stereocenters. The van der Waals surface area contributed by atoms with Gasteiger partial charge in [0.2, 0.25) is 5.91 Å². The summed E-state index contributed by atoms with van der Waals surface area (Å²) in [5.41, 5.74) is 2.16. The molecule has 1 aliphatic rings.